The summed E-state index contributed by atoms with van der Waals surface area (Å²) in [6.07, 6.45) is 20.2. The third-order valence-corrected chi connectivity index (χ3v) is 6.96. The van der Waals surface area contributed by atoms with E-state index in [1.807, 2.05) is 21.1 Å². The van der Waals surface area contributed by atoms with Crippen molar-refractivity contribution in [1.82, 2.24) is 0 Å². The summed E-state index contributed by atoms with van der Waals surface area (Å²) in [4.78, 5) is 21.8. The molecule has 0 aromatic rings. The van der Waals surface area contributed by atoms with Crippen LogP contribution in [0, 0.1) is 0 Å². The lowest BCUT2D eigenvalue weighted by molar-refractivity contribution is -0.870. The Labute approximate surface area is 227 Å². The lowest BCUT2D eigenvalue weighted by Crippen LogP contribution is -2.37. The molecule has 0 spiro atoms. The second kappa shape index (κ2) is 23.2. The molecule has 0 aromatic carbocycles. The van der Waals surface area contributed by atoms with Gasteiger partial charge in [0.05, 0.1) is 34.4 Å². The summed E-state index contributed by atoms with van der Waals surface area (Å²) in [6.45, 7) is 4.97. The third kappa shape index (κ3) is 26.6. The first kappa shape index (κ1) is 36.2. The molecule has 8 nitrogen and oxygen atoms in total. The highest BCUT2D eigenvalue weighted by Crippen LogP contribution is 2.43. The standard InChI is InChI=1S/C28H56NO7P/c1-6-8-9-10-11-12-13-14-15-16-17-18-19-20-23-33-25-27(36-28(30)21-7-2)26-35-37(31,32)34-24-22-29(3,4)5/h7,21,27H,6,8-20,22-26H2,1-5H3/p+1/t27-/m1/s1. The first-order valence-electron chi connectivity index (χ1n) is 14.4. The molecular formula is C28H57NO7P+. The van der Waals surface area contributed by atoms with Crippen molar-refractivity contribution in [1.29, 1.82) is 0 Å². The van der Waals surface area contributed by atoms with Crippen LogP contribution in [-0.4, -0.2) is 75.6 Å². The molecule has 2 atom stereocenters. The molecule has 0 aliphatic carbocycles. The maximum Gasteiger partial charge on any atom is 0.472 e. The number of esters is 1. The van der Waals surface area contributed by atoms with E-state index < -0.39 is 19.9 Å². The predicted molar refractivity (Wildman–Crippen MR) is 150 cm³/mol. The van der Waals surface area contributed by atoms with Crippen LogP contribution in [0.2, 0.25) is 0 Å². The van der Waals surface area contributed by atoms with Crippen molar-refractivity contribution in [3.8, 4) is 0 Å². The van der Waals surface area contributed by atoms with E-state index in [1.54, 1.807) is 13.0 Å². The fraction of sp³-hybridized carbons (Fsp3) is 0.893. The summed E-state index contributed by atoms with van der Waals surface area (Å²) >= 11 is 0. The number of hydrogen-bond acceptors (Lipinski definition) is 6. The Morgan fingerprint density at radius 3 is 1.81 bits per heavy atom. The number of ether oxygens (including phenoxy) is 2. The molecule has 0 saturated heterocycles. The summed E-state index contributed by atoms with van der Waals surface area (Å²) in [5, 5.41) is 0. The van der Waals surface area contributed by atoms with Gasteiger partial charge in [-0.3, -0.25) is 9.05 Å². The number of phosphoric acid groups is 1. The maximum absolute atomic E-state index is 12.1. The Morgan fingerprint density at radius 2 is 1.32 bits per heavy atom. The van der Waals surface area contributed by atoms with Crippen LogP contribution >= 0.6 is 7.82 Å². The number of rotatable bonds is 26. The van der Waals surface area contributed by atoms with Gasteiger partial charge in [-0.05, 0) is 13.3 Å². The predicted octanol–water partition coefficient (Wildman–Crippen LogP) is 6.81. The van der Waals surface area contributed by atoms with Crippen LogP contribution in [0.4, 0.5) is 0 Å². The molecule has 220 valence electrons. The second-order valence-corrected chi connectivity index (χ2v) is 12.3. The minimum absolute atomic E-state index is 0.0793. The Kier molecular flexibility index (Phi) is 22.7. The van der Waals surface area contributed by atoms with Gasteiger partial charge in [-0.2, -0.15) is 0 Å². The first-order chi connectivity index (χ1) is 17.6. The van der Waals surface area contributed by atoms with Gasteiger partial charge in [0.25, 0.3) is 0 Å². The number of hydrogen-bond donors (Lipinski definition) is 1. The number of carbonyl (C=O) groups is 1. The van der Waals surface area contributed by atoms with Crippen LogP contribution in [0.5, 0.6) is 0 Å². The Hall–Kier alpha value is -0.760. The van der Waals surface area contributed by atoms with Crippen LogP contribution in [0.15, 0.2) is 12.2 Å². The smallest absolute Gasteiger partial charge is 0.454 e. The zero-order valence-corrected chi connectivity index (χ0v) is 25.4. The minimum Gasteiger partial charge on any atom is -0.454 e. The van der Waals surface area contributed by atoms with Gasteiger partial charge in [-0.25, -0.2) is 9.36 Å². The summed E-state index contributed by atoms with van der Waals surface area (Å²) in [6, 6.07) is 0. The van der Waals surface area contributed by atoms with Gasteiger partial charge in [-0.15, -0.1) is 0 Å². The lowest BCUT2D eigenvalue weighted by atomic mass is 10.0. The fourth-order valence-electron chi connectivity index (χ4n) is 3.71. The minimum atomic E-state index is -4.24. The Balaban J connectivity index is 3.98. The van der Waals surface area contributed by atoms with Crippen molar-refractivity contribution >= 4 is 13.8 Å². The summed E-state index contributed by atoms with van der Waals surface area (Å²) in [5.41, 5.74) is 0. The van der Waals surface area contributed by atoms with Gasteiger partial charge in [0.1, 0.15) is 19.3 Å². The molecule has 0 bridgehead atoms. The van der Waals surface area contributed by atoms with E-state index in [4.69, 9.17) is 18.5 Å². The van der Waals surface area contributed by atoms with E-state index in [0.717, 1.165) is 12.8 Å². The highest BCUT2D eigenvalue weighted by Gasteiger charge is 2.26. The summed E-state index contributed by atoms with van der Waals surface area (Å²) < 4.78 is 33.8. The molecule has 0 saturated carbocycles. The molecule has 37 heavy (non-hydrogen) atoms. The Bertz CT molecular complexity index is 622. The lowest BCUT2D eigenvalue weighted by Gasteiger charge is -2.24. The average Bonchev–Trinajstić information content (AvgIpc) is 2.81. The monoisotopic (exact) mass is 550 g/mol. The number of unbranched alkanes of at least 4 members (excludes halogenated alkanes) is 13. The molecule has 0 amide bonds. The molecule has 1 unspecified atom stereocenters. The topological polar surface area (TPSA) is 91.3 Å². The van der Waals surface area contributed by atoms with Gasteiger partial charge in [-0.1, -0.05) is 96.5 Å². The maximum atomic E-state index is 12.1. The van der Waals surface area contributed by atoms with E-state index in [2.05, 4.69) is 6.92 Å². The van der Waals surface area contributed by atoms with Gasteiger partial charge in [0.15, 0.2) is 0 Å². The van der Waals surface area contributed by atoms with E-state index in [9.17, 15) is 14.3 Å². The van der Waals surface area contributed by atoms with Gasteiger partial charge >= 0.3 is 13.8 Å². The quantitative estimate of drug-likeness (QED) is 0.0416. The number of phosphoric ester groups is 1. The van der Waals surface area contributed by atoms with E-state index in [0.29, 0.717) is 17.6 Å². The molecule has 0 aromatic heterocycles. The SMILES string of the molecule is CC=CC(=O)O[C@H](COCCCCCCCCCCCCCCCC)COP(=O)(O)OCC[N+](C)(C)C. The van der Waals surface area contributed by atoms with E-state index >= 15 is 0 Å². The number of nitrogens with zero attached hydrogens (tertiary/aromatic N) is 1. The van der Waals surface area contributed by atoms with Crippen molar-refractivity contribution < 1.29 is 37.3 Å². The number of allylic oxidation sites excluding steroid dienone is 1. The number of likely N-dealkylation sites (N-methyl/N-ethyl adjacent to an activating group) is 1. The molecule has 0 rings (SSSR count). The van der Waals surface area contributed by atoms with Crippen molar-refractivity contribution in [2.24, 2.45) is 0 Å². The van der Waals surface area contributed by atoms with Gasteiger partial charge in [0.2, 0.25) is 0 Å². The van der Waals surface area contributed by atoms with Gasteiger partial charge in [0, 0.05) is 12.7 Å². The number of quaternary nitrogens is 1. The third-order valence-electron chi connectivity index (χ3n) is 5.97. The first-order valence-corrected chi connectivity index (χ1v) is 15.9. The number of carbonyl (C=O) groups excluding carboxylic acids is 1. The van der Waals surface area contributed by atoms with Crippen molar-refractivity contribution in [3.63, 3.8) is 0 Å². The molecule has 0 heterocycles. The van der Waals surface area contributed by atoms with Crippen LogP contribution in [0.3, 0.4) is 0 Å². The van der Waals surface area contributed by atoms with E-state index in [-0.39, 0.29) is 19.8 Å². The molecule has 9 heteroatoms. The van der Waals surface area contributed by atoms with E-state index in [1.165, 1.54) is 83.1 Å². The van der Waals surface area contributed by atoms with Crippen LogP contribution in [0.1, 0.15) is 104 Å². The largest absolute Gasteiger partial charge is 0.472 e. The summed E-state index contributed by atoms with van der Waals surface area (Å²) in [7, 11) is 1.63. The molecule has 0 fully saturated rings. The zero-order chi connectivity index (χ0) is 27.8. The average molecular weight is 551 g/mol. The molecule has 0 aliphatic heterocycles. The normalized spacial score (nSPS) is 14.6. The van der Waals surface area contributed by atoms with Crippen molar-refractivity contribution in [2.45, 2.75) is 110 Å². The van der Waals surface area contributed by atoms with Crippen molar-refractivity contribution in [2.75, 3.05) is 54.1 Å². The molecule has 0 radical (unpaired) electrons. The Morgan fingerprint density at radius 1 is 0.811 bits per heavy atom. The summed E-state index contributed by atoms with van der Waals surface area (Å²) in [5.74, 6) is -0.546. The highest BCUT2D eigenvalue weighted by molar-refractivity contribution is 7.47. The van der Waals surface area contributed by atoms with Gasteiger partial charge < -0.3 is 18.9 Å². The van der Waals surface area contributed by atoms with Crippen LogP contribution in [0.25, 0.3) is 0 Å². The molecular weight excluding hydrogens is 493 g/mol. The van der Waals surface area contributed by atoms with Crippen LogP contribution < -0.4 is 0 Å². The van der Waals surface area contributed by atoms with Crippen molar-refractivity contribution in [3.05, 3.63) is 12.2 Å². The highest BCUT2D eigenvalue weighted by atomic mass is 31.2. The fourth-order valence-corrected chi connectivity index (χ4v) is 4.46. The molecule has 1 N–H and O–H groups in total. The second-order valence-electron chi connectivity index (χ2n) is 10.8. The van der Waals surface area contributed by atoms with Crippen LogP contribution in [-0.2, 0) is 27.9 Å². The zero-order valence-electron chi connectivity index (χ0n) is 24.5. The molecule has 0 aliphatic rings.